The minimum atomic E-state index is 0.844. The van der Waals surface area contributed by atoms with Gasteiger partial charge in [-0.1, -0.05) is 18.2 Å². The molecule has 3 heteroatoms. The molecule has 2 aliphatic rings. The predicted octanol–water partition coefficient (Wildman–Crippen LogP) is 2.19. The van der Waals surface area contributed by atoms with Crippen molar-refractivity contribution in [2.24, 2.45) is 0 Å². The van der Waals surface area contributed by atoms with Crippen molar-refractivity contribution in [3.63, 3.8) is 0 Å². The molecule has 0 saturated heterocycles. The van der Waals surface area contributed by atoms with E-state index in [1.54, 1.807) is 12.4 Å². The number of H-pyrrole nitrogens is 1. The molecule has 0 unspecified atom stereocenters. The number of nitrogens with zero attached hydrogens (tertiary/aromatic N) is 1. The van der Waals surface area contributed by atoms with E-state index in [4.69, 9.17) is 0 Å². The Morgan fingerprint density at radius 2 is 1.93 bits per heavy atom. The largest absolute Gasteiger partial charge is 0.361 e. The molecule has 3 rings (SSSR count). The zero-order chi connectivity index (χ0) is 10.3. The van der Waals surface area contributed by atoms with Crippen LogP contribution in [-0.4, -0.2) is 4.98 Å². The Morgan fingerprint density at radius 3 is 2.87 bits per heavy atom. The summed E-state index contributed by atoms with van der Waals surface area (Å²) in [6.45, 7) is 0. The maximum Gasteiger partial charge on any atom is 0.236 e. The smallest absolute Gasteiger partial charge is 0.236 e. The maximum atomic E-state index is 11.2. The van der Waals surface area contributed by atoms with Crippen molar-refractivity contribution in [3.8, 4) is 11.1 Å². The highest BCUT2D eigenvalue weighted by atomic mass is 16.3. The number of nitrogens with one attached hydrogen (secondary N) is 1. The Morgan fingerprint density at radius 1 is 1.07 bits per heavy atom. The molecular weight excluding hydrogens is 188 g/mol. The Kier molecular flexibility index (Phi) is 1.59. The lowest BCUT2D eigenvalue weighted by atomic mass is 10.1. The predicted molar refractivity (Wildman–Crippen MR) is 58.3 cm³/mol. The minimum Gasteiger partial charge on any atom is -0.361 e. The summed E-state index contributed by atoms with van der Waals surface area (Å²) in [6.07, 6.45) is 5.03. The lowest BCUT2D eigenvalue weighted by molar-refractivity contribution is -0.489. The van der Waals surface area contributed by atoms with Crippen LogP contribution in [0.3, 0.4) is 0 Å². The van der Waals surface area contributed by atoms with Crippen molar-refractivity contribution in [1.29, 1.82) is 0 Å². The second kappa shape index (κ2) is 2.92. The van der Waals surface area contributed by atoms with Crippen LogP contribution in [-0.2, 0) is 0 Å². The third kappa shape index (κ3) is 1.21. The second-order valence-electron chi connectivity index (χ2n) is 3.51. The quantitative estimate of drug-likeness (QED) is 0.551. The molecular formula is C12H9N2O+. The van der Waals surface area contributed by atoms with Gasteiger partial charge in [0.05, 0.1) is 15.6 Å². The fraction of sp³-hybridized carbons (Fsp3) is 0. The molecule has 0 atom stereocenters. The first-order valence-corrected chi connectivity index (χ1v) is 4.76. The normalized spacial score (nSPS) is 10.9. The van der Waals surface area contributed by atoms with Crippen molar-refractivity contribution < 1.29 is 4.43 Å². The fourth-order valence-electron chi connectivity index (χ4n) is 1.87. The average Bonchev–Trinajstić information content (AvgIpc) is 2.52. The van der Waals surface area contributed by atoms with Gasteiger partial charge in [-0.25, -0.2) is 0 Å². The Labute approximate surface area is 85.9 Å². The topological polar surface area (TPSA) is 38.8 Å². The van der Waals surface area contributed by atoms with Gasteiger partial charge in [0, 0.05) is 22.0 Å². The molecule has 0 amide bonds. The van der Waals surface area contributed by atoms with E-state index in [-0.39, 0.29) is 0 Å². The lowest BCUT2D eigenvalue weighted by Gasteiger charge is -1.92. The van der Waals surface area contributed by atoms with Crippen LogP contribution in [0.2, 0.25) is 0 Å². The summed E-state index contributed by atoms with van der Waals surface area (Å²) >= 11 is 0. The summed E-state index contributed by atoms with van der Waals surface area (Å²) in [5.41, 5.74) is 2.95. The molecule has 0 bridgehead atoms. The van der Waals surface area contributed by atoms with Gasteiger partial charge in [-0.05, 0) is 12.1 Å². The van der Waals surface area contributed by atoms with Crippen molar-refractivity contribution in [3.05, 3.63) is 53.8 Å². The zero-order valence-corrected chi connectivity index (χ0v) is 7.97. The zero-order valence-electron chi connectivity index (χ0n) is 7.97. The maximum absolute atomic E-state index is 11.2. The van der Waals surface area contributed by atoms with Crippen LogP contribution >= 0.6 is 0 Å². The van der Waals surface area contributed by atoms with E-state index in [9.17, 15) is 4.91 Å². The highest BCUT2D eigenvalue weighted by Gasteiger charge is 2.13. The van der Waals surface area contributed by atoms with Gasteiger partial charge < -0.3 is 4.98 Å². The van der Waals surface area contributed by atoms with Crippen LogP contribution in [0, 0.1) is 4.91 Å². The van der Waals surface area contributed by atoms with Crippen LogP contribution in [0.5, 0.6) is 0 Å². The fourth-order valence-corrected chi connectivity index (χ4v) is 1.87. The molecule has 0 aliphatic carbocycles. The van der Waals surface area contributed by atoms with Crippen molar-refractivity contribution in [2.75, 3.05) is 0 Å². The van der Waals surface area contributed by atoms with Crippen LogP contribution in [0.25, 0.3) is 22.0 Å². The monoisotopic (exact) mass is 197 g/mol. The molecule has 1 N–H and O–H groups in total. The summed E-state index contributed by atoms with van der Waals surface area (Å²) in [4.78, 5) is 14.4. The van der Waals surface area contributed by atoms with Crippen molar-refractivity contribution >= 4 is 10.9 Å². The Balaban J connectivity index is 2.59. The van der Waals surface area contributed by atoms with Crippen molar-refractivity contribution in [2.45, 2.75) is 0 Å². The second-order valence-corrected chi connectivity index (χ2v) is 3.51. The van der Waals surface area contributed by atoms with Gasteiger partial charge in [0.1, 0.15) is 0 Å². The van der Waals surface area contributed by atoms with Gasteiger partial charge in [0.2, 0.25) is 12.4 Å². The number of aromatic nitrogens is 2. The molecule has 0 radical (unpaired) electrons. The molecule has 2 heterocycles. The first-order valence-electron chi connectivity index (χ1n) is 4.76. The van der Waals surface area contributed by atoms with Crippen LogP contribution in [0.4, 0.5) is 0 Å². The third-order valence-corrected chi connectivity index (χ3v) is 2.55. The summed E-state index contributed by atoms with van der Waals surface area (Å²) < 4.78 is 0.844. The van der Waals surface area contributed by atoms with Gasteiger partial charge in [-0.2, -0.15) is 0 Å². The van der Waals surface area contributed by atoms with E-state index in [1.807, 2.05) is 36.5 Å². The Bertz CT molecular complexity index is 657. The lowest BCUT2D eigenvalue weighted by Crippen LogP contribution is -2.04. The van der Waals surface area contributed by atoms with Crippen LogP contribution < -0.4 is 4.43 Å². The third-order valence-electron chi connectivity index (χ3n) is 2.55. The van der Waals surface area contributed by atoms with E-state index in [2.05, 4.69) is 4.98 Å². The van der Waals surface area contributed by atoms with E-state index in [0.29, 0.717) is 0 Å². The summed E-state index contributed by atoms with van der Waals surface area (Å²) in [5.74, 6) is 0. The number of rotatable bonds is 0. The summed E-state index contributed by atoms with van der Waals surface area (Å²) in [5, 5.41) is 1.06. The van der Waals surface area contributed by atoms with Gasteiger partial charge in [0.15, 0.2) is 0 Å². The molecule has 1 aromatic carbocycles. The highest BCUT2D eigenvalue weighted by Crippen LogP contribution is 2.25. The van der Waals surface area contributed by atoms with E-state index < -0.39 is 0 Å². The van der Waals surface area contributed by atoms with E-state index in [1.165, 1.54) is 0 Å². The summed E-state index contributed by atoms with van der Waals surface area (Å²) in [7, 11) is 0. The molecule has 3 nitrogen and oxygen atoms in total. The summed E-state index contributed by atoms with van der Waals surface area (Å²) in [6, 6.07) is 9.85. The molecule has 2 aliphatic heterocycles. The van der Waals surface area contributed by atoms with E-state index >= 15 is 0 Å². The van der Waals surface area contributed by atoms with Crippen molar-refractivity contribution in [1.82, 2.24) is 4.98 Å². The van der Waals surface area contributed by atoms with Gasteiger partial charge in [-0.15, -0.1) is 0 Å². The average molecular weight is 197 g/mol. The number of para-hydroxylation sites is 1. The van der Waals surface area contributed by atoms with E-state index in [0.717, 1.165) is 26.5 Å². The minimum absolute atomic E-state index is 0.844. The molecule has 0 saturated carbocycles. The first-order chi connectivity index (χ1) is 7.34. The van der Waals surface area contributed by atoms with Crippen LogP contribution in [0.15, 0.2) is 48.9 Å². The molecule has 72 valence electrons. The highest BCUT2D eigenvalue weighted by molar-refractivity contribution is 5.93. The molecule has 0 spiro atoms. The number of benzene rings is 1. The van der Waals surface area contributed by atoms with Crippen LogP contribution in [0.1, 0.15) is 0 Å². The number of aromatic amines is 1. The Hall–Kier alpha value is -2.16. The molecule has 0 fully saturated rings. The van der Waals surface area contributed by atoms with Gasteiger partial charge in [0.25, 0.3) is 0 Å². The number of fused-ring (bicyclic) bond motifs is 3. The number of hydrogen-bond acceptors (Lipinski definition) is 1. The first kappa shape index (κ1) is 8.17. The molecule has 0 aromatic heterocycles. The molecule has 15 heavy (non-hydrogen) atoms. The molecule has 1 aromatic rings. The van der Waals surface area contributed by atoms with Gasteiger partial charge >= 0.3 is 0 Å². The van der Waals surface area contributed by atoms with Gasteiger partial charge in [-0.3, -0.25) is 0 Å². The SMILES string of the molecule is O=[n+]1cc2cc[nH]c3ccccc3c-2c1. The number of hydrogen-bond donors (Lipinski definition) is 1. The standard InChI is InChI=1S/C12H9N2O/c15-14-7-9-5-6-13-12-4-2-1-3-10(12)11(9)8-14/h1-8,13H/q+1.